The molecule has 0 radical (unpaired) electrons. The van der Waals surface area contributed by atoms with Crippen molar-refractivity contribution in [3.05, 3.63) is 32.9 Å². The maximum absolute atomic E-state index is 14.1. The van der Waals surface area contributed by atoms with E-state index in [1.807, 2.05) is 0 Å². The lowest BCUT2D eigenvalue weighted by atomic mass is 10.0. The number of esters is 3. The number of nitrogens with one attached hydrogen (secondary N) is 3. The minimum absolute atomic E-state index is 0.502. The Morgan fingerprint density at radius 1 is 1.02 bits per heavy atom. The highest BCUT2D eigenvalue weighted by atomic mass is 19.1. The molecule has 0 unspecified atom stereocenters. The summed E-state index contributed by atoms with van der Waals surface area (Å²) in [6.07, 6.45) is -6.70. The minimum atomic E-state index is -1.68. The molecule has 41 heavy (non-hydrogen) atoms. The monoisotopic (exact) mass is 588 g/mol. The van der Waals surface area contributed by atoms with Crippen molar-refractivity contribution in [2.45, 2.75) is 90.7 Å². The van der Waals surface area contributed by atoms with Crippen LogP contribution in [0.4, 0.5) is 9.18 Å². The van der Waals surface area contributed by atoms with Gasteiger partial charge in [-0.15, -0.1) is 0 Å². The first kappa shape index (κ1) is 32.9. The van der Waals surface area contributed by atoms with Crippen LogP contribution < -0.4 is 21.9 Å². The molecular formula is C24H33FN4O12. The fourth-order valence-electron chi connectivity index (χ4n) is 3.79. The van der Waals surface area contributed by atoms with Crippen LogP contribution in [-0.4, -0.2) is 82.1 Å². The van der Waals surface area contributed by atoms with Gasteiger partial charge in [0.2, 0.25) is 11.7 Å². The second-order valence-electron chi connectivity index (χ2n) is 10.1. The first-order chi connectivity index (χ1) is 18.9. The number of carbonyl (C=O) groups excluding carboxylic acids is 5. The molecule has 3 N–H and O–H groups in total. The Balaban J connectivity index is 2.49. The number of nitrogens with zero attached hydrogens (tertiary/aromatic N) is 1. The Labute approximate surface area is 232 Å². The standard InChI is InChI=1S/C24H33FN4O12/c1-10(26-23(36)41-24(5,6)7)19(33)27-15(9-37-11(2)30)16-17(38-12(3)31)18(39-13(4)32)21(40-16)29-8-14(25)20(34)28-22(29)35/h8,10,15-18,21H,9H2,1-7H3,(H,26,36)(H,27,33)(H,28,34,35)/t10-,15+,16+,17+,18+,21+/m0/s1. The Hall–Kier alpha value is -4.28. The number of aromatic nitrogens is 2. The summed E-state index contributed by atoms with van der Waals surface area (Å²) in [5.41, 5.74) is -3.34. The number of ether oxygens (including phenoxy) is 5. The predicted molar refractivity (Wildman–Crippen MR) is 134 cm³/mol. The molecule has 0 spiro atoms. The van der Waals surface area contributed by atoms with E-state index in [9.17, 15) is 38.0 Å². The van der Waals surface area contributed by atoms with Gasteiger partial charge in [0.15, 0.2) is 18.4 Å². The van der Waals surface area contributed by atoms with Crippen molar-refractivity contribution in [1.82, 2.24) is 20.2 Å². The summed E-state index contributed by atoms with van der Waals surface area (Å²) in [5.74, 6) is -4.76. The zero-order valence-corrected chi connectivity index (χ0v) is 23.5. The Morgan fingerprint density at radius 3 is 2.15 bits per heavy atom. The van der Waals surface area contributed by atoms with Gasteiger partial charge in [0.05, 0.1) is 12.2 Å². The van der Waals surface area contributed by atoms with E-state index in [4.69, 9.17) is 23.7 Å². The van der Waals surface area contributed by atoms with E-state index in [-0.39, 0.29) is 0 Å². The molecule has 0 aromatic carbocycles. The van der Waals surface area contributed by atoms with Crippen molar-refractivity contribution in [3.8, 4) is 0 Å². The van der Waals surface area contributed by atoms with E-state index < -0.39 is 95.8 Å². The number of amides is 2. The Bertz CT molecular complexity index is 1290. The smallest absolute Gasteiger partial charge is 0.408 e. The highest BCUT2D eigenvalue weighted by Gasteiger charge is 2.54. The van der Waals surface area contributed by atoms with Crippen LogP contribution in [0, 0.1) is 5.82 Å². The quantitative estimate of drug-likeness (QED) is 0.244. The largest absolute Gasteiger partial charge is 0.464 e. The van der Waals surface area contributed by atoms with Crippen LogP contribution in [0.25, 0.3) is 0 Å². The second kappa shape index (κ2) is 13.4. The predicted octanol–water partition coefficient (Wildman–Crippen LogP) is -0.602. The van der Waals surface area contributed by atoms with Gasteiger partial charge in [-0.05, 0) is 27.7 Å². The van der Waals surface area contributed by atoms with E-state index in [1.54, 1.807) is 25.8 Å². The first-order valence-electron chi connectivity index (χ1n) is 12.3. The molecule has 2 rings (SSSR count). The highest BCUT2D eigenvalue weighted by Crippen LogP contribution is 2.35. The molecule has 0 saturated carbocycles. The van der Waals surface area contributed by atoms with Crippen LogP contribution in [0.15, 0.2) is 15.8 Å². The van der Waals surface area contributed by atoms with Crippen molar-refractivity contribution in [1.29, 1.82) is 0 Å². The number of hydrogen-bond acceptors (Lipinski definition) is 12. The molecule has 1 fully saturated rings. The van der Waals surface area contributed by atoms with E-state index in [0.29, 0.717) is 10.8 Å². The molecule has 1 saturated heterocycles. The lowest BCUT2D eigenvalue weighted by Crippen LogP contribution is -2.56. The molecule has 6 atom stereocenters. The first-order valence-corrected chi connectivity index (χ1v) is 12.3. The second-order valence-corrected chi connectivity index (χ2v) is 10.1. The molecule has 2 amide bonds. The van der Waals surface area contributed by atoms with Gasteiger partial charge in [0.1, 0.15) is 24.4 Å². The number of alkyl carbamates (subject to hydrolysis) is 1. The third-order valence-electron chi connectivity index (χ3n) is 5.34. The summed E-state index contributed by atoms with van der Waals surface area (Å²) < 4.78 is 41.3. The summed E-state index contributed by atoms with van der Waals surface area (Å²) in [7, 11) is 0. The third kappa shape index (κ3) is 9.40. The van der Waals surface area contributed by atoms with E-state index in [0.717, 1.165) is 20.8 Å². The molecule has 1 aromatic rings. The number of rotatable bonds is 9. The zero-order valence-electron chi connectivity index (χ0n) is 23.5. The van der Waals surface area contributed by atoms with Crippen molar-refractivity contribution < 1.29 is 52.0 Å². The van der Waals surface area contributed by atoms with Gasteiger partial charge in [-0.2, -0.15) is 4.39 Å². The summed E-state index contributed by atoms with van der Waals surface area (Å²) in [5, 5.41) is 4.84. The van der Waals surface area contributed by atoms with Crippen LogP contribution in [0.2, 0.25) is 0 Å². The Morgan fingerprint density at radius 2 is 1.61 bits per heavy atom. The van der Waals surface area contributed by atoms with Gasteiger partial charge in [0, 0.05) is 20.8 Å². The SMILES string of the molecule is CC(=O)OC[C@@H](NC(=O)[C@H](C)NC(=O)OC(C)(C)C)[C@H]1O[C@@H](n2cc(F)c(=O)[nH]c2=O)[C@H](OC(C)=O)[C@@H]1OC(C)=O. The molecule has 1 aliphatic rings. The van der Waals surface area contributed by atoms with Gasteiger partial charge < -0.3 is 34.3 Å². The fraction of sp³-hybridized carbons (Fsp3) is 0.625. The maximum Gasteiger partial charge on any atom is 0.408 e. The van der Waals surface area contributed by atoms with Crippen LogP contribution in [0.1, 0.15) is 54.7 Å². The van der Waals surface area contributed by atoms with Crippen LogP contribution >= 0.6 is 0 Å². The summed E-state index contributed by atoms with van der Waals surface area (Å²) >= 11 is 0. The van der Waals surface area contributed by atoms with Crippen LogP contribution in [0.5, 0.6) is 0 Å². The van der Waals surface area contributed by atoms with Crippen molar-refractivity contribution >= 4 is 29.9 Å². The lowest BCUT2D eigenvalue weighted by Gasteiger charge is -2.29. The van der Waals surface area contributed by atoms with Gasteiger partial charge in [-0.25, -0.2) is 9.59 Å². The molecule has 17 heteroatoms. The summed E-state index contributed by atoms with van der Waals surface area (Å²) in [6.45, 7) is 8.72. The van der Waals surface area contributed by atoms with Crippen LogP contribution in [-0.2, 0) is 42.9 Å². The van der Waals surface area contributed by atoms with Gasteiger partial charge in [-0.1, -0.05) is 0 Å². The molecule has 1 aromatic heterocycles. The molecular weight excluding hydrogens is 555 g/mol. The molecule has 0 aliphatic carbocycles. The minimum Gasteiger partial charge on any atom is -0.464 e. The zero-order chi connectivity index (χ0) is 31.2. The molecule has 1 aliphatic heterocycles. The Kier molecular flexibility index (Phi) is 10.7. The highest BCUT2D eigenvalue weighted by molar-refractivity contribution is 5.85. The molecule has 0 bridgehead atoms. The van der Waals surface area contributed by atoms with E-state index >= 15 is 0 Å². The molecule has 2 heterocycles. The summed E-state index contributed by atoms with van der Waals surface area (Å²) in [6, 6.07) is -2.54. The lowest BCUT2D eigenvalue weighted by molar-refractivity contribution is -0.166. The van der Waals surface area contributed by atoms with E-state index in [2.05, 4.69) is 10.6 Å². The average molecular weight is 589 g/mol. The van der Waals surface area contributed by atoms with Gasteiger partial charge >= 0.3 is 29.7 Å². The van der Waals surface area contributed by atoms with Crippen molar-refractivity contribution in [2.75, 3.05) is 6.61 Å². The summed E-state index contributed by atoms with van der Waals surface area (Å²) in [4.78, 5) is 86.5. The number of aromatic amines is 1. The van der Waals surface area contributed by atoms with Crippen molar-refractivity contribution in [2.24, 2.45) is 0 Å². The third-order valence-corrected chi connectivity index (χ3v) is 5.34. The van der Waals surface area contributed by atoms with Gasteiger partial charge in [0.25, 0.3) is 5.56 Å². The maximum atomic E-state index is 14.1. The number of H-pyrrole nitrogens is 1. The van der Waals surface area contributed by atoms with E-state index in [1.165, 1.54) is 6.92 Å². The number of halogens is 1. The van der Waals surface area contributed by atoms with Gasteiger partial charge in [-0.3, -0.25) is 33.5 Å². The molecule has 16 nitrogen and oxygen atoms in total. The average Bonchev–Trinajstić information content (AvgIpc) is 3.13. The number of carbonyl (C=O) groups is 5. The van der Waals surface area contributed by atoms with Crippen molar-refractivity contribution in [3.63, 3.8) is 0 Å². The topological polar surface area (TPSA) is 210 Å². The fourth-order valence-corrected chi connectivity index (χ4v) is 3.79. The molecule has 228 valence electrons. The van der Waals surface area contributed by atoms with Crippen LogP contribution in [0.3, 0.4) is 0 Å². The normalized spacial score (nSPS) is 21.7. The number of hydrogen-bond donors (Lipinski definition) is 3.